The van der Waals surface area contributed by atoms with Gasteiger partial charge in [0.1, 0.15) is 13.2 Å². The number of phosphoric ester groups is 1. The number of unbranched alkanes of at least 4 members (excludes halogenated alkanes) is 12. The second-order valence-electron chi connectivity index (χ2n) is 10.3. The smallest absolute Gasteiger partial charge is 0.324 e. The van der Waals surface area contributed by atoms with Crippen LogP contribution < -0.4 is 0 Å². The average Bonchev–Trinajstić information content (AvgIpc) is 3.00. The topological polar surface area (TPSA) is 55.8 Å². The molecule has 0 radical (unpaired) electrons. The van der Waals surface area contributed by atoms with E-state index < -0.39 is 7.82 Å². The fraction of sp³-hybridized carbons (Fsp3) is 0.926. The van der Waals surface area contributed by atoms with E-state index in [0.717, 1.165) is 43.4 Å². The summed E-state index contributed by atoms with van der Waals surface area (Å²) in [5.74, 6) is 0. The van der Waals surface area contributed by atoms with Crippen molar-refractivity contribution in [2.45, 2.75) is 122 Å². The lowest BCUT2D eigenvalue weighted by Crippen LogP contribution is -2.46. The number of phosphoric acid groups is 1. The Morgan fingerprint density at radius 1 is 0.727 bits per heavy atom. The summed E-state index contributed by atoms with van der Waals surface area (Å²) >= 11 is 0. The van der Waals surface area contributed by atoms with Gasteiger partial charge in [-0.05, 0) is 57.8 Å². The molecule has 1 rings (SSSR count). The minimum atomic E-state index is -3.91. The van der Waals surface area contributed by atoms with Crippen LogP contribution in [0.4, 0.5) is 0 Å². The zero-order chi connectivity index (χ0) is 24.1. The summed E-state index contributed by atoms with van der Waals surface area (Å²) in [4.78, 5) is 9.91. The number of nitrogens with zero attached hydrogens (tertiary/aromatic N) is 1. The molecule has 196 valence electrons. The Bertz CT molecular complexity index is 518. The molecular weight excluding hydrogens is 433 g/mol. The van der Waals surface area contributed by atoms with Gasteiger partial charge in [0, 0.05) is 0 Å². The van der Waals surface area contributed by atoms with Gasteiger partial charge in [-0.15, -0.1) is 0 Å². The van der Waals surface area contributed by atoms with Crippen molar-refractivity contribution < 1.29 is 23.0 Å². The quantitative estimate of drug-likeness (QED) is 0.0766. The van der Waals surface area contributed by atoms with E-state index in [1.165, 1.54) is 96.3 Å². The van der Waals surface area contributed by atoms with E-state index in [0.29, 0.717) is 6.61 Å². The van der Waals surface area contributed by atoms with Crippen LogP contribution in [0.2, 0.25) is 0 Å². The van der Waals surface area contributed by atoms with E-state index >= 15 is 0 Å². The fourth-order valence-electron chi connectivity index (χ4n) is 4.62. The molecule has 33 heavy (non-hydrogen) atoms. The molecule has 0 bridgehead atoms. The molecular formula is C27H55NO4P+. The molecule has 0 spiro atoms. The van der Waals surface area contributed by atoms with Gasteiger partial charge in [-0.1, -0.05) is 76.9 Å². The Labute approximate surface area is 205 Å². The SMILES string of the molecule is CCCCCCCCC=CCCCCCCCCOP(=O)(O)OCC[N+]1(C)CCCCCC1. The highest BCUT2D eigenvalue weighted by Crippen LogP contribution is 2.43. The molecule has 1 heterocycles. The number of likely N-dealkylation sites (tertiary alicyclic amines) is 1. The molecule has 5 nitrogen and oxygen atoms in total. The molecule has 1 unspecified atom stereocenters. The Hall–Kier alpha value is -0.190. The van der Waals surface area contributed by atoms with E-state index in [1.807, 2.05) is 0 Å². The van der Waals surface area contributed by atoms with Crippen LogP contribution in [0.1, 0.15) is 122 Å². The summed E-state index contributed by atoms with van der Waals surface area (Å²) in [6.45, 7) is 5.91. The first-order valence-electron chi connectivity index (χ1n) is 14.1. The van der Waals surface area contributed by atoms with E-state index in [1.54, 1.807) is 0 Å². The summed E-state index contributed by atoms with van der Waals surface area (Å²) in [6.07, 6.45) is 27.2. The van der Waals surface area contributed by atoms with Gasteiger partial charge in [0.25, 0.3) is 0 Å². The van der Waals surface area contributed by atoms with E-state index in [9.17, 15) is 9.46 Å². The minimum absolute atomic E-state index is 0.289. The van der Waals surface area contributed by atoms with Gasteiger partial charge in [0.2, 0.25) is 0 Å². The predicted molar refractivity (Wildman–Crippen MR) is 140 cm³/mol. The van der Waals surface area contributed by atoms with Crippen molar-refractivity contribution in [3.8, 4) is 0 Å². The van der Waals surface area contributed by atoms with Crippen molar-refractivity contribution in [1.29, 1.82) is 0 Å². The second-order valence-corrected chi connectivity index (χ2v) is 11.7. The van der Waals surface area contributed by atoms with Gasteiger partial charge >= 0.3 is 7.82 Å². The summed E-state index contributed by atoms with van der Waals surface area (Å²) < 4.78 is 23.4. The standard InChI is InChI=1S/C27H54NO4P/c1-3-4-5-6-7-8-9-10-11-12-13-14-15-16-19-22-26-31-33(29,30)32-27-25-28(2)23-20-17-18-21-24-28/h10-11H,3-9,12-27H2,1-2H3/p+1. The van der Waals surface area contributed by atoms with Crippen molar-refractivity contribution in [2.24, 2.45) is 0 Å². The summed E-state index contributed by atoms with van der Waals surface area (Å²) in [7, 11) is -1.68. The normalized spacial score (nSPS) is 18.4. The third-order valence-corrected chi connectivity index (χ3v) is 7.96. The van der Waals surface area contributed by atoms with Gasteiger partial charge in [-0.25, -0.2) is 4.57 Å². The molecule has 0 aromatic carbocycles. The number of hydrogen-bond acceptors (Lipinski definition) is 3. The molecule has 1 saturated heterocycles. The maximum absolute atomic E-state index is 12.1. The lowest BCUT2D eigenvalue weighted by molar-refractivity contribution is -0.908. The maximum Gasteiger partial charge on any atom is 0.472 e. The lowest BCUT2D eigenvalue weighted by Gasteiger charge is -2.33. The third kappa shape index (κ3) is 18.8. The molecule has 0 amide bonds. The summed E-state index contributed by atoms with van der Waals surface area (Å²) in [5.41, 5.74) is 0. The molecule has 0 aromatic rings. The van der Waals surface area contributed by atoms with Crippen molar-refractivity contribution >= 4 is 7.82 Å². The van der Waals surface area contributed by atoms with Gasteiger partial charge in [-0.3, -0.25) is 9.05 Å². The van der Waals surface area contributed by atoms with Crippen LogP contribution in [0.15, 0.2) is 12.2 Å². The minimum Gasteiger partial charge on any atom is -0.324 e. The zero-order valence-electron chi connectivity index (χ0n) is 22.0. The molecule has 6 heteroatoms. The van der Waals surface area contributed by atoms with Crippen molar-refractivity contribution in [3.63, 3.8) is 0 Å². The average molecular weight is 489 g/mol. The monoisotopic (exact) mass is 488 g/mol. The van der Waals surface area contributed by atoms with Gasteiger partial charge in [0.15, 0.2) is 0 Å². The van der Waals surface area contributed by atoms with Crippen LogP contribution in [0.25, 0.3) is 0 Å². The summed E-state index contributed by atoms with van der Waals surface area (Å²) in [5, 5.41) is 0. The first-order valence-corrected chi connectivity index (χ1v) is 15.6. The number of likely N-dealkylation sites (N-methyl/N-ethyl adjacent to an activating group) is 1. The number of quaternary nitrogens is 1. The molecule has 1 atom stereocenters. The molecule has 0 saturated carbocycles. The number of allylic oxidation sites excluding steroid dienone is 2. The van der Waals surface area contributed by atoms with Crippen LogP contribution in [0.3, 0.4) is 0 Å². The van der Waals surface area contributed by atoms with Crippen molar-refractivity contribution in [2.75, 3.05) is 39.9 Å². The molecule has 0 aliphatic carbocycles. The van der Waals surface area contributed by atoms with E-state index in [-0.39, 0.29) is 6.61 Å². The van der Waals surface area contributed by atoms with Crippen molar-refractivity contribution in [3.05, 3.63) is 12.2 Å². The summed E-state index contributed by atoms with van der Waals surface area (Å²) in [6, 6.07) is 0. The van der Waals surface area contributed by atoms with E-state index in [2.05, 4.69) is 26.1 Å². The molecule has 1 aliphatic rings. The Kier molecular flexibility index (Phi) is 18.7. The van der Waals surface area contributed by atoms with Gasteiger partial charge < -0.3 is 9.38 Å². The maximum atomic E-state index is 12.1. The fourth-order valence-corrected chi connectivity index (χ4v) is 5.37. The van der Waals surface area contributed by atoms with Crippen molar-refractivity contribution in [1.82, 2.24) is 0 Å². The molecule has 0 aromatic heterocycles. The number of hydrogen-bond donors (Lipinski definition) is 1. The highest BCUT2D eigenvalue weighted by molar-refractivity contribution is 7.47. The number of rotatable bonds is 21. The largest absolute Gasteiger partial charge is 0.472 e. The first-order chi connectivity index (χ1) is 16.0. The van der Waals surface area contributed by atoms with Crippen LogP contribution in [-0.4, -0.2) is 49.3 Å². The lowest BCUT2D eigenvalue weighted by atomic mass is 10.1. The van der Waals surface area contributed by atoms with E-state index in [4.69, 9.17) is 9.05 Å². The second kappa shape index (κ2) is 20.0. The first kappa shape index (κ1) is 30.8. The zero-order valence-corrected chi connectivity index (χ0v) is 22.9. The molecule has 1 N–H and O–H groups in total. The highest BCUT2D eigenvalue weighted by atomic mass is 31.2. The van der Waals surface area contributed by atoms with Gasteiger partial charge in [-0.2, -0.15) is 0 Å². The van der Waals surface area contributed by atoms with Crippen LogP contribution in [0.5, 0.6) is 0 Å². The third-order valence-electron chi connectivity index (χ3n) is 6.94. The Morgan fingerprint density at radius 3 is 1.79 bits per heavy atom. The Balaban J connectivity index is 1.89. The van der Waals surface area contributed by atoms with Crippen LogP contribution >= 0.6 is 7.82 Å². The van der Waals surface area contributed by atoms with Crippen LogP contribution in [0, 0.1) is 0 Å². The Morgan fingerprint density at radius 2 is 1.21 bits per heavy atom. The predicted octanol–water partition coefficient (Wildman–Crippen LogP) is 8.18. The van der Waals surface area contributed by atoms with Gasteiger partial charge in [0.05, 0.1) is 26.7 Å². The molecule has 1 aliphatic heterocycles. The van der Waals surface area contributed by atoms with Crippen LogP contribution in [-0.2, 0) is 13.6 Å². The highest BCUT2D eigenvalue weighted by Gasteiger charge is 2.26. The molecule has 1 fully saturated rings.